The molecule has 0 aliphatic rings. The summed E-state index contributed by atoms with van der Waals surface area (Å²) in [5, 5.41) is 2.61. The third kappa shape index (κ3) is 3.35. The van der Waals surface area contributed by atoms with Gasteiger partial charge in [0, 0.05) is 18.2 Å². The highest BCUT2D eigenvalue weighted by molar-refractivity contribution is 5.73. The molecule has 0 saturated carbocycles. The molecule has 0 aliphatic heterocycles. The fourth-order valence-corrected chi connectivity index (χ4v) is 1.10. The maximum absolute atomic E-state index is 10.6. The maximum Gasteiger partial charge on any atom is 0.217 e. The lowest BCUT2D eigenvalue weighted by atomic mass is 10.1. The summed E-state index contributed by atoms with van der Waals surface area (Å²) in [5.41, 5.74) is 8.36. The lowest BCUT2D eigenvalue weighted by molar-refractivity contribution is -0.118. The van der Waals surface area contributed by atoms with Crippen molar-refractivity contribution in [3.8, 4) is 11.8 Å². The lowest BCUT2D eigenvalue weighted by Gasteiger charge is -2.01. The first-order valence-corrected chi connectivity index (χ1v) is 4.69. The van der Waals surface area contributed by atoms with Gasteiger partial charge in [-0.15, -0.1) is 0 Å². The van der Waals surface area contributed by atoms with E-state index in [0.29, 0.717) is 6.54 Å². The second-order valence-corrected chi connectivity index (χ2v) is 3.23. The van der Waals surface area contributed by atoms with Gasteiger partial charge in [0.25, 0.3) is 0 Å². The van der Waals surface area contributed by atoms with Gasteiger partial charge in [-0.05, 0) is 24.6 Å². The first-order valence-electron chi connectivity index (χ1n) is 4.69. The summed E-state index contributed by atoms with van der Waals surface area (Å²) < 4.78 is 0. The Labute approximate surface area is 89.7 Å². The Balaban J connectivity index is 2.72. The Morgan fingerprint density at radius 1 is 1.53 bits per heavy atom. The fourth-order valence-electron chi connectivity index (χ4n) is 1.10. The summed E-state index contributed by atoms with van der Waals surface area (Å²) >= 11 is 0. The number of nitrogens with one attached hydrogen (secondary N) is 1. The van der Waals surface area contributed by atoms with E-state index in [9.17, 15) is 4.79 Å². The van der Waals surface area contributed by atoms with Crippen LogP contribution in [0.4, 0.5) is 5.69 Å². The summed E-state index contributed by atoms with van der Waals surface area (Å²) in [5.74, 6) is 5.75. The van der Waals surface area contributed by atoms with Gasteiger partial charge in [0.05, 0.1) is 6.54 Å². The molecule has 78 valence electrons. The summed E-state index contributed by atoms with van der Waals surface area (Å²) in [6.45, 7) is 3.76. The number of hydrogen-bond donors (Lipinski definition) is 2. The predicted octanol–water partition coefficient (Wildman–Crippen LogP) is 1.06. The second kappa shape index (κ2) is 5.06. The van der Waals surface area contributed by atoms with Crippen LogP contribution in [0.2, 0.25) is 0 Å². The Hall–Kier alpha value is -1.95. The molecule has 0 spiro atoms. The molecule has 0 atom stereocenters. The minimum Gasteiger partial charge on any atom is -0.398 e. The molecule has 0 bridgehead atoms. The standard InChI is InChI=1S/C12H14N2O/c1-9-11(5-3-7-12(9)13)6-4-8-14-10(2)15/h3,5,7H,8,13H2,1-2H3,(H,14,15). The van der Waals surface area contributed by atoms with E-state index < -0.39 is 0 Å². The quantitative estimate of drug-likeness (QED) is 0.528. The monoisotopic (exact) mass is 202 g/mol. The van der Waals surface area contributed by atoms with E-state index in [-0.39, 0.29) is 5.91 Å². The SMILES string of the molecule is CC(=O)NCC#Cc1cccc(N)c1C. The normalized spacial score (nSPS) is 8.93. The predicted molar refractivity (Wildman–Crippen MR) is 61.2 cm³/mol. The van der Waals surface area contributed by atoms with Crippen molar-refractivity contribution in [2.45, 2.75) is 13.8 Å². The van der Waals surface area contributed by atoms with Crippen LogP contribution in [0.25, 0.3) is 0 Å². The van der Waals surface area contributed by atoms with Crippen molar-refractivity contribution in [1.29, 1.82) is 0 Å². The molecule has 0 fully saturated rings. The zero-order chi connectivity index (χ0) is 11.3. The highest BCUT2D eigenvalue weighted by Gasteiger charge is 1.96. The van der Waals surface area contributed by atoms with Gasteiger partial charge in [-0.3, -0.25) is 4.79 Å². The smallest absolute Gasteiger partial charge is 0.217 e. The minimum atomic E-state index is -0.0754. The molecule has 3 heteroatoms. The van der Waals surface area contributed by atoms with Gasteiger partial charge in [-0.25, -0.2) is 0 Å². The number of anilines is 1. The van der Waals surface area contributed by atoms with E-state index in [2.05, 4.69) is 17.2 Å². The Morgan fingerprint density at radius 3 is 2.93 bits per heavy atom. The van der Waals surface area contributed by atoms with Crippen molar-refractivity contribution in [3.63, 3.8) is 0 Å². The molecule has 1 aromatic carbocycles. The van der Waals surface area contributed by atoms with Gasteiger partial charge in [-0.1, -0.05) is 17.9 Å². The van der Waals surface area contributed by atoms with E-state index in [0.717, 1.165) is 16.8 Å². The number of nitrogen functional groups attached to an aromatic ring is 1. The van der Waals surface area contributed by atoms with Crippen LogP contribution in [0.15, 0.2) is 18.2 Å². The average molecular weight is 202 g/mol. The Bertz CT molecular complexity index is 427. The number of hydrogen-bond acceptors (Lipinski definition) is 2. The Kier molecular flexibility index (Phi) is 3.75. The first kappa shape index (κ1) is 11.1. The van der Waals surface area contributed by atoms with Gasteiger partial charge < -0.3 is 11.1 Å². The molecule has 0 unspecified atom stereocenters. The zero-order valence-electron chi connectivity index (χ0n) is 8.92. The van der Waals surface area contributed by atoms with Gasteiger partial charge in [0.15, 0.2) is 0 Å². The summed E-state index contributed by atoms with van der Waals surface area (Å²) in [7, 11) is 0. The Morgan fingerprint density at radius 2 is 2.27 bits per heavy atom. The minimum absolute atomic E-state index is 0.0754. The molecule has 0 aliphatic carbocycles. The van der Waals surface area contributed by atoms with Gasteiger partial charge in [-0.2, -0.15) is 0 Å². The largest absolute Gasteiger partial charge is 0.398 e. The van der Waals surface area contributed by atoms with Gasteiger partial charge in [0.2, 0.25) is 5.91 Å². The zero-order valence-corrected chi connectivity index (χ0v) is 8.92. The van der Waals surface area contributed by atoms with Crippen molar-refractivity contribution >= 4 is 11.6 Å². The molecule has 15 heavy (non-hydrogen) atoms. The molecule has 0 radical (unpaired) electrons. The number of carbonyl (C=O) groups excluding carboxylic acids is 1. The van der Waals surface area contributed by atoms with Crippen LogP contribution in [-0.4, -0.2) is 12.5 Å². The van der Waals surface area contributed by atoms with Crippen LogP contribution < -0.4 is 11.1 Å². The lowest BCUT2D eigenvalue weighted by Crippen LogP contribution is -2.19. The fraction of sp³-hybridized carbons (Fsp3) is 0.250. The number of nitrogens with two attached hydrogens (primary N) is 1. The number of rotatable bonds is 1. The van der Waals surface area contributed by atoms with Crippen molar-refractivity contribution in [3.05, 3.63) is 29.3 Å². The molecule has 3 N–H and O–H groups in total. The van der Waals surface area contributed by atoms with Crippen LogP contribution >= 0.6 is 0 Å². The number of amides is 1. The highest BCUT2D eigenvalue weighted by Crippen LogP contribution is 2.13. The van der Waals surface area contributed by atoms with Crippen molar-refractivity contribution in [2.24, 2.45) is 0 Å². The van der Waals surface area contributed by atoms with Crippen molar-refractivity contribution < 1.29 is 4.79 Å². The molecule has 1 aromatic rings. The van der Waals surface area contributed by atoms with E-state index >= 15 is 0 Å². The van der Waals surface area contributed by atoms with Crippen molar-refractivity contribution in [2.75, 3.05) is 12.3 Å². The third-order valence-corrected chi connectivity index (χ3v) is 2.02. The van der Waals surface area contributed by atoms with Crippen LogP contribution in [0.1, 0.15) is 18.1 Å². The highest BCUT2D eigenvalue weighted by atomic mass is 16.1. The molecule has 0 heterocycles. The summed E-state index contributed by atoms with van der Waals surface area (Å²) in [6.07, 6.45) is 0. The molecule has 0 saturated heterocycles. The van der Waals surface area contributed by atoms with Crippen LogP contribution in [0.5, 0.6) is 0 Å². The molecule has 1 rings (SSSR count). The van der Waals surface area contributed by atoms with E-state index in [4.69, 9.17) is 5.73 Å². The molecule has 0 aromatic heterocycles. The van der Waals surface area contributed by atoms with E-state index in [1.54, 1.807) is 0 Å². The molecule has 3 nitrogen and oxygen atoms in total. The first-order chi connectivity index (χ1) is 7.11. The maximum atomic E-state index is 10.6. The molecular weight excluding hydrogens is 188 g/mol. The second-order valence-electron chi connectivity index (χ2n) is 3.23. The van der Waals surface area contributed by atoms with Crippen LogP contribution in [0.3, 0.4) is 0 Å². The topological polar surface area (TPSA) is 55.1 Å². The van der Waals surface area contributed by atoms with E-state index in [1.807, 2.05) is 25.1 Å². The summed E-state index contributed by atoms with van der Waals surface area (Å²) in [6, 6.07) is 5.62. The van der Waals surface area contributed by atoms with Gasteiger partial charge in [0.1, 0.15) is 0 Å². The summed E-state index contributed by atoms with van der Waals surface area (Å²) in [4.78, 5) is 10.6. The van der Waals surface area contributed by atoms with E-state index in [1.165, 1.54) is 6.92 Å². The number of carbonyl (C=O) groups is 1. The van der Waals surface area contributed by atoms with Crippen LogP contribution in [-0.2, 0) is 4.79 Å². The molecule has 1 amide bonds. The van der Waals surface area contributed by atoms with Crippen LogP contribution in [0, 0.1) is 18.8 Å². The molecular formula is C12H14N2O. The van der Waals surface area contributed by atoms with Gasteiger partial charge >= 0.3 is 0 Å². The number of benzene rings is 1. The van der Waals surface area contributed by atoms with Crippen molar-refractivity contribution in [1.82, 2.24) is 5.32 Å². The third-order valence-electron chi connectivity index (χ3n) is 2.02. The average Bonchev–Trinajstić information content (AvgIpc) is 2.18.